The van der Waals surface area contributed by atoms with Crippen LogP contribution < -0.4 is 5.73 Å². The fourth-order valence-corrected chi connectivity index (χ4v) is 1.24. The standard InChI is InChI=1S/C9H8N2O3/c1-13-8(12)5-3-2-4-6-7(5)14-9(10)11-6/h2-4H,1H3,(H2,10,11). The second-order valence-electron chi connectivity index (χ2n) is 2.70. The van der Waals surface area contributed by atoms with Crippen molar-refractivity contribution in [2.24, 2.45) is 0 Å². The van der Waals surface area contributed by atoms with Gasteiger partial charge in [0.05, 0.1) is 7.11 Å². The quantitative estimate of drug-likeness (QED) is 0.686. The molecule has 2 rings (SSSR count). The molecule has 1 heterocycles. The number of hydrogen-bond acceptors (Lipinski definition) is 5. The van der Waals surface area contributed by atoms with Crippen molar-refractivity contribution in [3.63, 3.8) is 0 Å². The Hall–Kier alpha value is -2.04. The topological polar surface area (TPSA) is 78.3 Å². The minimum atomic E-state index is -0.466. The lowest BCUT2D eigenvalue weighted by Gasteiger charge is -1.97. The molecule has 5 heteroatoms. The summed E-state index contributed by atoms with van der Waals surface area (Å²) >= 11 is 0. The molecule has 0 aliphatic heterocycles. The molecule has 2 N–H and O–H groups in total. The van der Waals surface area contributed by atoms with Crippen molar-refractivity contribution in [2.45, 2.75) is 0 Å². The van der Waals surface area contributed by atoms with E-state index in [4.69, 9.17) is 10.2 Å². The molecular formula is C9H8N2O3. The Morgan fingerprint density at radius 3 is 3.07 bits per heavy atom. The van der Waals surface area contributed by atoms with Gasteiger partial charge < -0.3 is 14.9 Å². The molecule has 0 amide bonds. The summed E-state index contributed by atoms with van der Waals surface area (Å²) in [5.74, 6) is -0.466. The molecule has 0 radical (unpaired) electrons. The number of aromatic nitrogens is 1. The molecule has 1 aromatic heterocycles. The van der Waals surface area contributed by atoms with E-state index in [1.165, 1.54) is 7.11 Å². The van der Waals surface area contributed by atoms with Crippen LogP contribution in [0.2, 0.25) is 0 Å². The van der Waals surface area contributed by atoms with Crippen LogP contribution >= 0.6 is 0 Å². The molecular weight excluding hydrogens is 184 g/mol. The van der Waals surface area contributed by atoms with Gasteiger partial charge in [0.15, 0.2) is 5.58 Å². The maximum Gasteiger partial charge on any atom is 0.341 e. The summed E-state index contributed by atoms with van der Waals surface area (Å²) in [6.45, 7) is 0. The third-order valence-electron chi connectivity index (χ3n) is 1.84. The normalized spacial score (nSPS) is 10.4. The number of carbonyl (C=O) groups excluding carboxylic acids is 1. The van der Waals surface area contributed by atoms with Crippen LogP contribution in [-0.4, -0.2) is 18.1 Å². The molecule has 0 bridgehead atoms. The highest BCUT2D eigenvalue weighted by atomic mass is 16.5. The lowest BCUT2D eigenvalue weighted by Crippen LogP contribution is -2.00. The minimum absolute atomic E-state index is 0.0383. The summed E-state index contributed by atoms with van der Waals surface area (Å²) < 4.78 is 9.67. The van der Waals surface area contributed by atoms with Crippen LogP contribution in [0.25, 0.3) is 11.1 Å². The van der Waals surface area contributed by atoms with Crippen LogP contribution in [0.4, 0.5) is 6.01 Å². The van der Waals surface area contributed by atoms with Gasteiger partial charge in [-0.2, -0.15) is 4.98 Å². The van der Waals surface area contributed by atoms with Crippen molar-refractivity contribution >= 4 is 23.1 Å². The lowest BCUT2D eigenvalue weighted by molar-refractivity contribution is 0.0602. The minimum Gasteiger partial charge on any atom is -0.465 e. The Balaban J connectivity index is 2.70. The summed E-state index contributed by atoms with van der Waals surface area (Å²) in [5, 5.41) is 0. The zero-order valence-corrected chi connectivity index (χ0v) is 7.48. The van der Waals surface area contributed by atoms with E-state index in [0.717, 1.165) is 0 Å². The maximum atomic E-state index is 11.3. The number of para-hydroxylation sites is 1. The van der Waals surface area contributed by atoms with E-state index in [1.54, 1.807) is 18.2 Å². The van der Waals surface area contributed by atoms with E-state index in [9.17, 15) is 4.79 Å². The number of nitrogens with two attached hydrogens (primary N) is 1. The third-order valence-corrected chi connectivity index (χ3v) is 1.84. The summed E-state index contributed by atoms with van der Waals surface area (Å²) in [6.07, 6.45) is 0. The maximum absolute atomic E-state index is 11.3. The van der Waals surface area contributed by atoms with E-state index < -0.39 is 5.97 Å². The fourth-order valence-electron chi connectivity index (χ4n) is 1.24. The highest BCUT2D eigenvalue weighted by Crippen LogP contribution is 2.21. The van der Waals surface area contributed by atoms with Crippen molar-refractivity contribution in [2.75, 3.05) is 12.8 Å². The number of carbonyl (C=O) groups is 1. The van der Waals surface area contributed by atoms with Gasteiger partial charge in [-0.15, -0.1) is 0 Å². The number of esters is 1. The molecule has 0 saturated carbocycles. The Morgan fingerprint density at radius 2 is 2.36 bits per heavy atom. The number of oxazole rings is 1. The first-order valence-corrected chi connectivity index (χ1v) is 3.95. The molecule has 0 unspecified atom stereocenters. The van der Waals surface area contributed by atoms with Gasteiger partial charge >= 0.3 is 5.97 Å². The second kappa shape index (κ2) is 3.02. The van der Waals surface area contributed by atoms with E-state index in [-0.39, 0.29) is 6.01 Å². The molecule has 14 heavy (non-hydrogen) atoms. The number of ether oxygens (including phenoxy) is 1. The molecule has 0 saturated heterocycles. The zero-order valence-electron chi connectivity index (χ0n) is 7.48. The van der Waals surface area contributed by atoms with Crippen LogP contribution in [0.3, 0.4) is 0 Å². The number of rotatable bonds is 1. The van der Waals surface area contributed by atoms with E-state index in [1.807, 2.05) is 0 Å². The molecule has 1 aromatic carbocycles. The SMILES string of the molecule is COC(=O)c1cccc2nc(N)oc12. The van der Waals surface area contributed by atoms with Crippen LogP contribution in [0, 0.1) is 0 Å². The van der Waals surface area contributed by atoms with E-state index in [2.05, 4.69) is 9.72 Å². The number of methoxy groups -OCH3 is 1. The van der Waals surface area contributed by atoms with Crippen molar-refractivity contribution < 1.29 is 13.9 Å². The number of fused-ring (bicyclic) bond motifs is 1. The Kier molecular flexibility index (Phi) is 1.85. The number of nitrogens with zero attached hydrogens (tertiary/aromatic N) is 1. The molecule has 0 spiro atoms. The molecule has 0 atom stereocenters. The smallest absolute Gasteiger partial charge is 0.341 e. The van der Waals surface area contributed by atoms with Crippen molar-refractivity contribution in [3.05, 3.63) is 23.8 Å². The van der Waals surface area contributed by atoms with Crippen LogP contribution in [0.5, 0.6) is 0 Å². The van der Waals surface area contributed by atoms with Crippen LogP contribution in [0.1, 0.15) is 10.4 Å². The van der Waals surface area contributed by atoms with Crippen molar-refractivity contribution in [3.8, 4) is 0 Å². The monoisotopic (exact) mass is 192 g/mol. The zero-order chi connectivity index (χ0) is 10.1. The highest BCUT2D eigenvalue weighted by Gasteiger charge is 2.14. The van der Waals surface area contributed by atoms with Gasteiger partial charge in [-0.25, -0.2) is 4.79 Å². The summed E-state index contributed by atoms with van der Waals surface area (Å²) in [7, 11) is 1.31. The summed E-state index contributed by atoms with van der Waals surface area (Å²) in [6, 6.07) is 5.04. The van der Waals surface area contributed by atoms with E-state index >= 15 is 0 Å². The summed E-state index contributed by atoms with van der Waals surface area (Å²) in [5.41, 5.74) is 6.60. The predicted octanol–water partition coefficient (Wildman–Crippen LogP) is 1.20. The molecule has 0 fully saturated rings. The van der Waals surface area contributed by atoms with Crippen molar-refractivity contribution in [1.29, 1.82) is 0 Å². The first kappa shape index (κ1) is 8.55. The third kappa shape index (κ3) is 1.19. The lowest BCUT2D eigenvalue weighted by atomic mass is 10.2. The average molecular weight is 192 g/mol. The van der Waals surface area contributed by atoms with Gasteiger partial charge in [0.25, 0.3) is 6.01 Å². The van der Waals surface area contributed by atoms with Gasteiger partial charge in [-0.3, -0.25) is 0 Å². The largest absolute Gasteiger partial charge is 0.465 e. The number of hydrogen-bond donors (Lipinski definition) is 1. The second-order valence-corrected chi connectivity index (χ2v) is 2.70. The summed E-state index contributed by atoms with van der Waals surface area (Å²) in [4.78, 5) is 15.2. The van der Waals surface area contributed by atoms with Gasteiger partial charge in [-0.1, -0.05) is 6.07 Å². The van der Waals surface area contributed by atoms with Gasteiger partial charge in [0.2, 0.25) is 0 Å². The van der Waals surface area contributed by atoms with Crippen LogP contribution in [0.15, 0.2) is 22.6 Å². The molecule has 0 aliphatic rings. The van der Waals surface area contributed by atoms with Crippen molar-refractivity contribution in [1.82, 2.24) is 4.98 Å². The van der Waals surface area contributed by atoms with Gasteiger partial charge in [0.1, 0.15) is 11.1 Å². The van der Waals surface area contributed by atoms with Crippen LogP contribution in [-0.2, 0) is 4.74 Å². The van der Waals surface area contributed by atoms with Gasteiger partial charge in [-0.05, 0) is 12.1 Å². The fraction of sp³-hybridized carbons (Fsp3) is 0.111. The number of nitrogen functional groups attached to an aromatic ring is 1. The molecule has 72 valence electrons. The molecule has 0 aliphatic carbocycles. The first-order chi connectivity index (χ1) is 6.72. The Bertz CT molecular complexity index is 490. The first-order valence-electron chi connectivity index (χ1n) is 3.95. The predicted molar refractivity (Wildman–Crippen MR) is 49.8 cm³/mol. The molecule has 5 nitrogen and oxygen atoms in total. The molecule has 2 aromatic rings. The highest BCUT2D eigenvalue weighted by molar-refractivity contribution is 6.01. The number of anilines is 1. The average Bonchev–Trinajstić information content (AvgIpc) is 2.56. The Morgan fingerprint density at radius 1 is 1.57 bits per heavy atom. The Labute approximate surface area is 79.5 Å². The van der Waals surface area contributed by atoms with E-state index in [0.29, 0.717) is 16.7 Å². The number of benzene rings is 1. The van der Waals surface area contributed by atoms with Gasteiger partial charge in [0, 0.05) is 0 Å².